The van der Waals surface area contributed by atoms with Crippen LogP contribution < -0.4 is 5.73 Å². The largest absolute Gasteiger partial charge is 0.412 e. The molecule has 0 spiro atoms. The second kappa shape index (κ2) is 9.95. The lowest BCUT2D eigenvalue weighted by Gasteiger charge is -2.29. The molecule has 1 aliphatic rings. The second-order valence-corrected chi connectivity index (χ2v) is 6.72. The van der Waals surface area contributed by atoms with Crippen LogP contribution in [0.2, 0.25) is 5.02 Å². The molecule has 0 saturated heterocycles. The van der Waals surface area contributed by atoms with Gasteiger partial charge in [0, 0.05) is 34.9 Å². The maximum Gasteiger partial charge on any atom is 0.255 e. The number of halogens is 2. The number of benzene rings is 2. The minimum atomic E-state index is -0.182. The molecule has 5 nitrogen and oxygen atoms in total. The van der Waals surface area contributed by atoms with Crippen molar-refractivity contribution in [1.82, 2.24) is 9.80 Å². The van der Waals surface area contributed by atoms with Crippen LogP contribution in [0.1, 0.15) is 41.4 Å². The molecule has 0 radical (unpaired) electrons. The first-order chi connectivity index (χ1) is 12.1. The molecular weight excluding hydrogens is 385 g/mol. The molecule has 3 rings (SSSR count). The van der Waals surface area contributed by atoms with Crippen molar-refractivity contribution in [3.8, 4) is 0 Å². The molecule has 1 atom stereocenters. The third kappa shape index (κ3) is 4.55. The zero-order valence-electron chi connectivity index (χ0n) is 15.6. The number of nitrogens with zero attached hydrogens (tertiary/aromatic N) is 2. The molecule has 1 heterocycles. The summed E-state index contributed by atoms with van der Waals surface area (Å²) in [5.41, 5.74) is 9.55. The van der Waals surface area contributed by atoms with Gasteiger partial charge in [-0.05, 0) is 42.9 Å². The molecule has 0 fully saturated rings. The van der Waals surface area contributed by atoms with Crippen molar-refractivity contribution in [3.05, 3.63) is 64.2 Å². The van der Waals surface area contributed by atoms with E-state index in [0.29, 0.717) is 17.3 Å². The number of amides is 1. The third-order valence-corrected chi connectivity index (χ3v) is 5.19. The first-order valence-corrected chi connectivity index (χ1v) is 9.11. The lowest BCUT2D eigenvalue weighted by atomic mass is 9.96. The van der Waals surface area contributed by atoms with Crippen molar-refractivity contribution in [2.24, 2.45) is 0 Å². The van der Waals surface area contributed by atoms with Gasteiger partial charge in [0.2, 0.25) is 0 Å². The SMILES string of the molecule is CCN(CC)CCN1C(=O)c2ccccc2C1c1cc(Cl)ccc1N.Cl.O. The first-order valence-electron chi connectivity index (χ1n) is 8.74. The quantitative estimate of drug-likeness (QED) is 0.739. The Morgan fingerprint density at radius 3 is 2.44 bits per heavy atom. The van der Waals surface area contributed by atoms with Gasteiger partial charge in [0.05, 0.1) is 6.04 Å². The Morgan fingerprint density at radius 2 is 1.78 bits per heavy atom. The van der Waals surface area contributed by atoms with Crippen molar-refractivity contribution in [1.29, 1.82) is 0 Å². The number of hydrogen-bond donors (Lipinski definition) is 1. The molecule has 2 aromatic rings. The molecule has 27 heavy (non-hydrogen) atoms. The number of nitrogens with two attached hydrogens (primary N) is 1. The van der Waals surface area contributed by atoms with Gasteiger partial charge in [-0.2, -0.15) is 0 Å². The number of likely N-dealkylation sites (N-methyl/N-ethyl adjacent to an activating group) is 1. The van der Waals surface area contributed by atoms with Crippen molar-refractivity contribution in [2.45, 2.75) is 19.9 Å². The Labute approximate surface area is 171 Å². The summed E-state index contributed by atoms with van der Waals surface area (Å²) in [6.45, 7) is 7.70. The predicted molar refractivity (Wildman–Crippen MR) is 114 cm³/mol. The number of carbonyl (C=O) groups is 1. The summed E-state index contributed by atoms with van der Waals surface area (Å²) in [5, 5.41) is 0.629. The van der Waals surface area contributed by atoms with E-state index in [1.54, 1.807) is 6.07 Å². The van der Waals surface area contributed by atoms with Crippen LogP contribution in [0.5, 0.6) is 0 Å². The van der Waals surface area contributed by atoms with Gasteiger partial charge >= 0.3 is 0 Å². The fourth-order valence-corrected chi connectivity index (χ4v) is 3.69. The van der Waals surface area contributed by atoms with Gasteiger partial charge in [-0.3, -0.25) is 4.79 Å². The molecule has 148 valence electrons. The van der Waals surface area contributed by atoms with Crippen molar-refractivity contribution >= 4 is 35.6 Å². The Kier molecular flexibility index (Phi) is 8.57. The predicted octanol–water partition coefficient (Wildman–Crippen LogP) is 3.41. The summed E-state index contributed by atoms with van der Waals surface area (Å²) in [5.74, 6) is 0.0622. The first kappa shape index (κ1) is 23.2. The Bertz CT molecular complexity index is 782. The molecule has 7 heteroatoms. The van der Waals surface area contributed by atoms with Crippen LogP contribution in [0.3, 0.4) is 0 Å². The van der Waals surface area contributed by atoms with Crippen LogP contribution in [0, 0.1) is 0 Å². The molecule has 1 aliphatic heterocycles. The summed E-state index contributed by atoms with van der Waals surface area (Å²) in [4.78, 5) is 17.2. The van der Waals surface area contributed by atoms with E-state index >= 15 is 0 Å². The highest BCUT2D eigenvalue weighted by Gasteiger charge is 2.38. The maximum absolute atomic E-state index is 13.0. The topological polar surface area (TPSA) is 81.1 Å². The highest BCUT2D eigenvalue weighted by atomic mass is 35.5. The average molecular weight is 412 g/mol. The Hall–Kier alpha value is -1.79. The molecule has 0 aromatic heterocycles. The highest BCUT2D eigenvalue weighted by molar-refractivity contribution is 6.30. The summed E-state index contributed by atoms with van der Waals surface area (Å²) in [6, 6.07) is 13.1. The van der Waals surface area contributed by atoms with E-state index in [4.69, 9.17) is 17.3 Å². The van der Waals surface area contributed by atoms with Crippen LogP contribution in [-0.4, -0.2) is 47.4 Å². The van der Waals surface area contributed by atoms with E-state index in [9.17, 15) is 4.79 Å². The van der Waals surface area contributed by atoms with Gasteiger partial charge in [0.1, 0.15) is 0 Å². The second-order valence-electron chi connectivity index (χ2n) is 6.29. The van der Waals surface area contributed by atoms with Crippen LogP contribution in [0.4, 0.5) is 5.69 Å². The number of hydrogen-bond acceptors (Lipinski definition) is 3. The normalized spacial score (nSPS) is 15.3. The van der Waals surface area contributed by atoms with Crippen LogP contribution in [-0.2, 0) is 0 Å². The lowest BCUT2D eigenvalue weighted by molar-refractivity contribution is 0.0730. The van der Waals surface area contributed by atoms with Crippen LogP contribution >= 0.6 is 24.0 Å². The monoisotopic (exact) mass is 411 g/mol. The van der Waals surface area contributed by atoms with Gasteiger partial charge in [-0.25, -0.2) is 0 Å². The van der Waals surface area contributed by atoms with Gasteiger partial charge in [0.15, 0.2) is 0 Å². The third-order valence-electron chi connectivity index (χ3n) is 4.95. The fourth-order valence-electron chi connectivity index (χ4n) is 3.51. The van der Waals surface area contributed by atoms with Crippen molar-refractivity contribution < 1.29 is 10.3 Å². The van der Waals surface area contributed by atoms with Crippen LogP contribution in [0.25, 0.3) is 0 Å². The zero-order valence-corrected chi connectivity index (χ0v) is 17.2. The molecule has 2 aromatic carbocycles. The number of anilines is 1. The molecule has 4 N–H and O–H groups in total. The zero-order chi connectivity index (χ0) is 18.0. The fraction of sp³-hybridized carbons (Fsp3) is 0.350. The molecule has 0 saturated carbocycles. The van der Waals surface area contributed by atoms with Gasteiger partial charge in [-0.15, -0.1) is 12.4 Å². The number of nitrogen functional groups attached to an aromatic ring is 1. The minimum absolute atomic E-state index is 0. The Morgan fingerprint density at radius 1 is 1.11 bits per heavy atom. The molecule has 0 aliphatic carbocycles. The summed E-state index contributed by atoms with van der Waals surface area (Å²) < 4.78 is 0. The minimum Gasteiger partial charge on any atom is -0.412 e. The van der Waals surface area contributed by atoms with E-state index < -0.39 is 0 Å². The Balaban J connectivity index is 0.00000182. The molecule has 1 unspecified atom stereocenters. The van der Waals surface area contributed by atoms with Crippen molar-refractivity contribution in [2.75, 3.05) is 31.9 Å². The van der Waals surface area contributed by atoms with Crippen LogP contribution in [0.15, 0.2) is 42.5 Å². The molecule has 0 bridgehead atoms. The van der Waals surface area contributed by atoms with Gasteiger partial charge in [0.25, 0.3) is 5.91 Å². The number of fused-ring (bicyclic) bond motifs is 1. The van der Waals surface area contributed by atoms with E-state index in [-0.39, 0.29) is 29.8 Å². The summed E-state index contributed by atoms with van der Waals surface area (Å²) >= 11 is 6.21. The lowest BCUT2D eigenvalue weighted by Crippen LogP contribution is -2.37. The molecular formula is C20H27Cl2N3O2. The summed E-state index contributed by atoms with van der Waals surface area (Å²) in [7, 11) is 0. The number of carbonyl (C=O) groups excluding carboxylic acids is 1. The highest BCUT2D eigenvalue weighted by Crippen LogP contribution is 2.41. The van der Waals surface area contributed by atoms with Gasteiger partial charge in [-0.1, -0.05) is 43.6 Å². The maximum atomic E-state index is 13.0. The van der Waals surface area contributed by atoms with E-state index in [2.05, 4.69) is 18.7 Å². The summed E-state index contributed by atoms with van der Waals surface area (Å²) in [6.07, 6.45) is 0. The van der Waals surface area contributed by atoms with Crippen molar-refractivity contribution in [3.63, 3.8) is 0 Å². The van der Waals surface area contributed by atoms with E-state index in [1.165, 1.54) is 0 Å². The average Bonchev–Trinajstić information content (AvgIpc) is 2.90. The number of rotatable bonds is 6. The molecule has 1 amide bonds. The van der Waals surface area contributed by atoms with E-state index in [0.717, 1.165) is 36.3 Å². The van der Waals surface area contributed by atoms with E-state index in [1.807, 2.05) is 41.3 Å². The van der Waals surface area contributed by atoms with Gasteiger partial charge < -0.3 is 21.0 Å². The standard InChI is InChI=1S/C20H24ClN3O.ClH.H2O/c1-3-23(4-2)11-12-24-19(17-13-14(21)9-10-18(17)22)15-7-5-6-8-16(15)20(24)25;;/h5-10,13,19H,3-4,11-12,22H2,1-2H3;1H;1H2. The smallest absolute Gasteiger partial charge is 0.255 e.